The molecule has 31 heavy (non-hydrogen) atoms. The Hall–Kier alpha value is -2.87. The highest BCUT2D eigenvalue weighted by atomic mass is 19.1. The van der Waals surface area contributed by atoms with Gasteiger partial charge in [0.15, 0.2) is 0 Å². The van der Waals surface area contributed by atoms with Crippen LogP contribution in [0.3, 0.4) is 0 Å². The second-order valence-electron chi connectivity index (χ2n) is 8.29. The van der Waals surface area contributed by atoms with E-state index < -0.39 is 0 Å². The highest BCUT2D eigenvalue weighted by Gasteiger charge is 2.28. The van der Waals surface area contributed by atoms with Crippen molar-refractivity contribution in [1.29, 1.82) is 0 Å². The molecule has 4 rings (SSSR count). The number of hydrogen-bond donors (Lipinski definition) is 1. The molecule has 0 spiro atoms. The minimum absolute atomic E-state index is 0.00839. The Morgan fingerprint density at radius 1 is 1.00 bits per heavy atom. The quantitative estimate of drug-likeness (QED) is 0.438. The summed E-state index contributed by atoms with van der Waals surface area (Å²) in [6.07, 6.45) is 4.37. The Labute approximate surface area is 182 Å². The van der Waals surface area contributed by atoms with Crippen molar-refractivity contribution in [2.45, 2.75) is 19.3 Å². The van der Waals surface area contributed by atoms with Gasteiger partial charge < -0.3 is 19.6 Å². The molecular formula is C23H30FN5O2. The fraction of sp³-hybridized carbons (Fsp3) is 0.478. The molecule has 0 unspecified atom stereocenters. The molecule has 0 radical (unpaired) electrons. The van der Waals surface area contributed by atoms with Gasteiger partial charge in [-0.05, 0) is 49.7 Å². The summed E-state index contributed by atoms with van der Waals surface area (Å²) < 4.78 is 14.9. The summed E-state index contributed by atoms with van der Waals surface area (Å²) in [5, 5.41) is 12.7. The number of fused-ring (bicyclic) bond motifs is 1. The Kier molecular flexibility index (Phi) is 6.56. The van der Waals surface area contributed by atoms with Gasteiger partial charge >= 0.3 is 0 Å². The van der Waals surface area contributed by atoms with Crippen LogP contribution in [-0.4, -0.2) is 77.0 Å². The lowest BCUT2D eigenvalue weighted by atomic mass is 10.1. The number of nitrogens with zero attached hydrogens (tertiary/aromatic N) is 5. The van der Waals surface area contributed by atoms with E-state index >= 15 is 0 Å². The molecule has 1 fully saturated rings. The van der Waals surface area contributed by atoms with Crippen LogP contribution in [0, 0.1) is 5.82 Å². The maximum Gasteiger partial charge on any atom is 0.271 e. The molecule has 2 aliphatic heterocycles. The van der Waals surface area contributed by atoms with E-state index in [1.165, 1.54) is 12.1 Å². The van der Waals surface area contributed by atoms with Crippen LogP contribution in [0.4, 0.5) is 10.1 Å². The molecule has 166 valence electrons. The van der Waals surface area contributed by atoms with Gasteiger partial charge in [-0.3, -0.25) is 9.69 Å². The molecule has 1 aromatic carbocycles. The highest BCUT2D eigenvalue weighted by molar-refractivity contribution is 6.11. The van der Waals surface area contributed by atoms with E-state index in [2.05, 4.69) is 15.0 Å². The zero-order chi connectivity index (χ0) is 21.8. The second-order valence-corrected chi connectivity index (χ2v) is 8.29. The maximum atomic E-state index is 13.1. The number of anilines is 1. The molecule has 2 aliphatic rings. The topological polar surface area (TPSA) is 64.3 Å². The number of amides is 1. The van der Waals surface area contributed by atoms with Gasteiger partial charge in [0.2, 0.25) is 0 Å². The number of carbonyl (C=O) groups is 1. The number of aryl methyl sites for hydroxylation is 1. The van der Waals surface area contributed by atoms with Gasteiger partial charge in [0, 0.05) is 70.2 Å². The molecule has 1 amide bonds. The number of unbranched alkanes of at least 4 members (excludes halogenated alkanes) is 1. The zero-order valence-electron chi connectivity index (χ0n) is 18.0. The monoisotopic (exact) mass is 427 g/mol. The lowest BCUT2D eigenvalue weighted by Crippen LogP contribution is -2.46. The van der Waals surface area contributed by atoms with E-state index in [1.54, 1.807) is 0 Å². The summed E-state index contributed by atoms with van der Waals surface area (Å²) in [5.74, 6) is -0.192. The van der Waals surface area contributed by atoms with E-state index in [4.69, 9.17) is 0 Å². The Bertz CT molecular complexity index is 932. The molecule has 0 atom stereocenters. The van der Waals surface area contributed by atoms with Crippen molar-refractivity contribution in [3.63, 3.8) is 0 Å². The van der Waals surface area contributed by atoms with Gasteiger partial charge in [-0.1, -0.05) is 5.16 Å². The number of benzene rings is 1. The van der Waals surface area contributed by atoms with Crippen LogP contribution >= 0.6 is 0 Å². The van der Waals surface area contributed by atoms with Crippen molar-refractivity contribution in [2.75, 3.05) is 50.7 Å². The number of aromatic nitrogens is 1. The summed E-state index contributed by atoms with van der Waals surface area (Å²) in [5.41, 5.74) is 2.98. The van der Waals surface area contributed by atoms with Crippen molar-refractivity contribution < 1.29 is 14.4 Å². The Morgan fingerprint density at radius 3 is 2.42 bits per heavy atom. The van der Waals surface area contributed by atoms with Crippen molar-refractivity contribution in [1.82, 2.24) is 14.4 Å². The van der Waals surface area contributed by atoms with E-state index in [0.717, 1.165) is 56.8 Å². The first kappa shape index (κ1) is 21.4. The first-order chi connectivity index (χ1) is 15.1. The molecule has 3 heterocycles. The van der Waals surface area contributed by atoms with Crippen LogP contribution < -0.4 is 4.90 Å². The normalized spacial score (nSPS) is 19.0. The smallest absolute Gasteiger partial charge is 0.271 e. The molecule has 1 saturated heterocycles. The molecular weight excluding hydrogens is 397 g/mol. The van der Waals surface area contributed by atoms with Crippen LogP contribution in [0.1, 0.15) is 35.3 Å². The third-order valence-corrected chi connectivity index (χ3v) is 6.33. The largest absolute Gasteiger partial charge is 0.411 e. The summed E-state index contributed by atoms with van der Waals surface area (Å²) >= 11 is 0. The number of oxime groups is 1. The van der Waals surface area contributed by atoms with Gasteiger partial charge in [0.05, 0.1) is 5.71 Å². The van der Waals surface area contributed by atoms with Gasteiger partial charge in [-0.2, -0.15) is 0 Å². The van der Waals surface area contributed by atoms with E-state index in [9.17, 15) is 14.4 Å². The molecule has 7 nitrogen and oxygen atoms in total. The molecule has 0 bridgehead atoms. The predicted molar refractivity (Wildman–Crippen MR) is 119 cm³/mol. The first-order valence-electron chi connectivity index (χ1n) is 11.0. The van der Waals surface area contributed by atoms with Crippen LogP contribution in [0.2, 0.25) is 0 Å². The standard InChI is InChI=1S/C23H30FN5O2/c1-26-12-8-20-21(25-31)9-13-29(23(30)22(20)26)11-3-2-10-27-14-16-28(17-15-27)19-6-4-18(24)5-7-19/h4-8,12,31H,2-3,9-11,13-17H2,1H3/b25-21+. The predicted octanol–water partition coefficient (Wildman–Crippen LogP) is 2.79. The SMILES string of the molecule is Cn1ccc2c1C(=O)N(CCCCN1CCN(c3ccc(F)cc3)CC1)CC/C2=N\O. The molecule has 0 aliphatic carbocycles. The minimum Gasteiger partial charge on any atom is -0.411 e. The van der Waals surface area contributed by atoms with Gasteiger partial charge in [0.1, 0.15) is 11.5 Å². The molecule has 1 aromatic heterocycles. The second kappa shape index (κ2) is 9.51. The molecule has 8 heteroatoms. The fourth-order valence-electron chi connectivity index (χ4n) is 4.49. The van der Waals surface area contributed by atoms with Crippen molar-refractivity contribution in [2.24, 2.45) is 12.2 Å². The summed E-state index contributed by atoms with van der Waals surface area (Å²) in [6, 6.07) is 8.55. The van der Waals surface area contributed by atoms with Gasteiger partial charge in [-0.25, -0.2) is 4.39 Å². The third-order valence-electron chi connectivity index (χ3n) is 6.33. The Balaban J connectivity index is 1.23. The average Bonchev–Trinajstić information content (AvgIpc) is 3.10. The number of rotatable bonds is 6. The van der Waals surface area contributed by atoms with Gasteiger partial charge in [-0.15, -0.1) is 0 Å². The summed E-state index contributed by atoms with van der Waals surface area (Å²) in [7, 11) is 1.85. The van der Waals surface area contributed by atoms with Gasteiger partial charge in [0.25, 0.3) is 5.91 Å². The highest BCUT2D eigenvalue weighted by Crippen LogP contribution is 2.21. The van der Waals surface area contributed by atoms with E-state index in [1.807, 2.05) is 40.9 Å². The number of halogens is 1. The maximum absolute atomic E-state index is 13.1. The Morgan fingerprint density at radius 2 is 1.71 bits per heavy atom. The zero-order valence-corrected chi connectivity index (χ0v) is 18.0. The average molecular weight is 428 g/mol. The van der Waals surface area contributed by atoms with Crippen molar-refractivity contribution in [3.05, 3.63) is 53.6 Å². The molecule has 2 aromatic rings. The van der Waals surface area contributed by atoms with Crippen molar-refractivity contribution >= 4 is 17.3 Å². The van der Waals surface area contributed by atoms with Crippen molar-refractivity contribution in [3.8, 4) is 0 Å². The third kappa shape index (κ3) is 4.74. The van der Waals surface area contributed by atoms with Crippen LogP contribution in [0.25, 0.3) is 0 Å². The minimum atomic E-state index is -0.200. The van der Waals surface area contributed by atoms with Crippen LogP contribution in [0.5, 0.6) is 0 Å². The molecule has 0 saturated carbocycles. The lowest BCUT2D eigenvalue weighted by Gasteiger charge is -2.36. The number of hydrogen-bond acceptors (Lipinski definition) is 5. The van der Waals surface area contributed by atoms with E-state index in [0.29, 0.717) is 30.9 Å². The lowest BCUT2D eigenvalue weighted by molar-refractivity contribution is 0.0749. The number of piperazine rings is 1. The summed E-state index contributed by atoms with van der Waals surface area (Å²) in [4.78, 5) is 19.6. The van der Waals surface area contributed by atoms with Crippen LogP contribution in [0.15, 0.2) is 41.7 Å². The van der Waals surface area contributed by atoms with E-state index in [-0.39, 0.29) is 11.7 Å². The molecule has 1 N–H and O–H groups in total. The first-order valence-corrected chi connectivity index (χ1v) is 11.0. The summed E-state index contributed by atoms with van der Waals surface area (Å²) in [6.45, 7) is 6.15. The van der Waals surface area contributed by atoms with Crippen LogP contribution in [-0.2, 0) is 7.05 Å². The fourth-order valence-corrected chi connectivity index (χ4v) is 4.49. The number of carbonyl (C=O) groups excluding carboxylic acids is 1.